The molecular weight excluding hydrogens is 172 g/mol. The number of benzene rings is 1. The van der Waals surface area contributed by atoms with E-state index in [1.54, 1.807) is 6.92 Å². The van der Waals surface area contributed by atoms with E-state index in [1.807, 2.05) is 0 Å². The molecule has 0 aromatic heterocycles. The predicted octanol–water partition coefficient (Wildman–Crippen LogP) is 2.34. The second kappa shape index (κ2) is 3.83. The van der Waals surface area contributed by atoms with E-state index >= 15 is 0 Å². The number of nitrogens with two attached hydrogens (primary N) is 1. The molecule has 72 valence electrons. The molecule has 0 amide bonds. The molecule has 3 heteroatoms. The van der Waals surface area contributed by atoms with Crippen LogP contribution in [0.3, 0.4) is 0 Å². The Morgan fingerprint density at radius 3 is 2.46 bits per heavy atom. The molecule has 0 radical (unpaired) electrons. The van der Waals surface area contributed by atoms with Gasteiger partial charge in [-0.2, -0.15) is 0 Å². The van der Waals surface area contributed by atoms with Crippen LogP contribution in [0, 0.1) is 18.6 Å². The van der Waals surface area contributed by atoms with Crippen LogP contribution in [-0.2, 0) is 0 Å². The van der Waals surface area contributed by atoms with Crippen LogP contribution in [0.1, 0.15) is 24.0 Å². The first kappa shape index (κ1) is 10.1. The SMILES string of the molecule is Cc1cc(F)c(C(C)CN)cc1F. The molecule has 1 rings (SSSR count). The van der Waals surface area contributed by atoms with Crippen molar-refractivity contribution in [3.05, 3.63) is 34.9 Å². The zero-order valence-electron chi connectivity index (χ0n) is 7.77. The van der Waals surface area contributed by atoms with Gasteiger partial charge in [0.1, 0.15) is 11.6 Å². The first-order valence-electron chi connectivity index (χ1n) is 4.22. The van der Waals surface area contributed by atoms with Crippen molar-refractivity contribution in [3.63, 3.8) is 0 Å². The molecule has 0 saturated heterocycles. The molecule has 0 bridgehead atoms. The maximum atomic E-state index is 13.2. The summed E-state index contributed by atoms with van der Waals surface area (Å²) >= 11 is 0. The molecule has 0 aliphatic rings. The van der Waals surface area contributed by atoms with Crippen LogP contribution in [0.25, 0.3) is 0 Å². The largest absolute Gasteiger partial charge is 0.330 e. The van der Waals surface area contributed by atoms with Gasteiger partial charge in [-0.05, 0) is 42.6 Å². The average molecular weight is 185 g/mol. The molecule has 0 aliphatic heterocycles. The number of hydrogen-bond donors (Lipinski definition) is 1. The van der Waals surface area contributed by atoms with Crippen LogP contribution in [-0.4, -0.2) is 6.54 Å². The van der Waals surface area contributed by atoms with E-state index in [0.29, 0.717) is 17.7 Å². The molecule has 0 aliphatic carbocycles. The molecule has 1 aromatic carbocycles. The van der Waals surface area contributed by atoms with Gasteiger partial charge < -0.3 is 5.73 Å². The Bertz CT molecular complexity index is 310. The van der Waals surface area contributed by atoms with Crippen LogP contribution in [0.2, 0.25) is 0 Å². The van der Waals surface area contributed by atoms with Crippen LogP contribution < -0.4 is 5.73 Å². The van der Waals surface area contributed by atoms with E-state index in [4.69, 9.17) is 5.73 Å². The molecule has 2 N–H and O–H groups in total. The molecule has 1 unspecified atom stereocenters. The molecular formula is C10H13F2N. The van der Waals surface area contributed by atoms with Gasteiger partial charge in [0.05, 0.1) is 0 Å². The summed E-state index contributed by atoms with van der Waals surface area (Å²) in [5, 5.41) is 0. The van der Waals surface area contributed by atoms with Crippen molar-refractivity contribution in [2.45, 2.75) is 19.8 Å². The standard InChI is InChI=1S/C10H13F2N/c1-6-3-10(12)8(4-9(6)11)7(2)5-13/h3-4,7H,5,13H2,1-2H3. The first-order valence-corrected chi connectivity index (χ1v) is 4.22. The molecule has 1 atom stereocenters. The van der Waals surface area contributed by atoms with Crippen LogP contribution in [0.15, 0.2) is 12.1 Å². The number of rotatable bonds is 2. The minimum absolute atomic E-state index is 0.143. The highest BCUT2D eigenvalue weighted by molar-refractivity contribution is 5.27. The monoisotopic (exact) mass is 185 g/mol. The number of aryl methyl sites for hydroxylation is 1. The zero-order valence-corrected chi connectivity index (χ0v) is 7.77. The topological polar surface area (TPSA) is 26.0 Å². The zero-order chi connectivity index (χ0) is 10.0. The van der Waals surface area contributed by atoms with Gasteiger partial charge in [0, 0.05) is 0 Å². The minimum atomic E-state index is -0.378. The molecule has 1 nitrogen and oxygen atoms in total. The second-order valence-electron chi connectivity index (χ2n) is 3.26. The predicted molar refractivity (Wildman–Crippen MR) is 48.6 cm³/mol. The van der Waals surface area contributed by atoms with Crippen LogP contribution >= 0.6 is 0 Å². The molecule has 1 aromatic rings. The van der Waals surface area contributed by atoms with Gasteiger partial charge in [-0.25, -0.2) is 8.78 Å². The third kappa shape index (κ3) is 2.04. The number of hydrogen-bond acceptors (Lipinski definition) is 1. The van der Waals surface area contributed by atoms with Crippen LogP contribution in [0.5, 0.6) is 0 Å². The third-order valence-electron chi connectivity index (χ3n) is 2.16. The smallest absolute Gasteiger partial charge is 0.127 e. The van der Waals surface area contributed by atoms with Gasteiger partial charge in [-0.15, -0.1) is 0 Å². The van der Waals surface area contributed by atoms with Gasteiger partial charge in [-0.3, -0.25) is 0 Å². The summed E-state index contributed by atoms with van der Waals surface area (Å²) in [4.78, 5) is 0. The minimum Gasteiger partial charge on any atom is -0.330 e. The van der Waals surface area contributed by atoms with Crippen LogP contribution in [0.4, 0.5) is 8.78 Å². The fourth-order valence-electron chi connectivity index (χ4n) is 1.17. The molecule has 0 saturated carbocycles. The fourth-order valence-corrected chi connectivity index (χ4v) is 1.17. The Kier molecular flexibility index (Phi) is 2.98. The molecule has 0 heterocycles. The Labute approximate surface area is 76.6 Å². The van der Waals surface area contributed by atoms with E-state index in [0.717, 1.165) is 0 Å². The van der Waals surface area contributed by atoms with E-state index in [2.05, 4.69) is 0 Å². The second-order valence-corrected chi connectivity index (χ2v) is 3.26. The summed E-state index contributed by atoms with van der Waals surface area (Å²) in [6.07, 6.45) is 0. The Morgan fingerprint density at radius 1 is 1.31 bits per heavy atom. The van der Waals surface area contributed by atoms with E-state index < -0.39 is 0 Å². The summed E-state index contributed by atoms with van der Waals surface area (Å²) in [7, 11) is 0. The van der Waals surface area contributed by atoms with Crippen molar-refractivity contribution in [2.75, 3.05) is 6.54 Å². The van der Waals surface area contributed by atoms with Crippen molar-refractivity contribution < 1.29 is 8.78 Å². The van der Waals surface area contributed by atoms with E-state index in [9.17, 15) is 8.78 Å². The van der Waals surface area contributed by atoms with Crippen molar-refractivity contribution >= 4 is 0 Å². The van der Waals surface area contributed by atoms with Gasteiger partial charge >= 0.3 is 0 Å². The highest BCUT2D eigenvalue weighted by Gasteiger charge is 2.12. The highest BCUT2D eigenvalue weighted by Crippen LogP contribution is 2.21. The van der Waals surface area contributed by atoms with Gasteiger partial charge in [0.15, 0.2) is 0 Å². The first-order chi connectivity index (χ1) is 6.06. The lowest BCUT2D eigenvalue weighted by molar-refractivity contribution is 0.564. The van der Waals surface area contributed by atoms with Crippen molar-refractivity contribution in [2.24, 2.45) is 5.73 Å². The maximum Gasteiger partial charge on any atom is 0.127 e. The highest BCUT2D eigenvalue weighted by atomic mass is 19.1. The lowest BCUT2D eigenvalue weighted by atomic mass is 9.99. The van der Waals surface area contributed by atoms with Crippen molar-refractivity contribution in [3.8, 4) is 0 Å². The Hall–Kier alpha value is -0.960. The van der Waals surface area contributed by atoms with Crippen molar-refractivity contribution in [1.82, 2.24) is 0 Å². The van der Waals surface area contributed by atoms with Gasteiger partial charge in [-0.1, -0.05) is 6.92 Å². The average Bonchev–Trinajstić information content (AvgIpc) is 2.10. The van der Waals surface area contributed by atoms with Gasteiger partial charge in [0.25, 0.3) is 0 Å². The quantitative estimate of drug-likeness (QED) is 0.751. The third-order valence-corrected chi connectivity index (χ3v) is 2.16. The maximum absolute atomic E-state index is 13.2. The lowest BCUT2D eigenvalue weighted by Crippen LogP contribution is -2.11. The summed E-state index contributed by atoms with van der Waals surface area (Å²) < 4.78 is 26.3. The molecule has 0 fully saturated rings. The van der Waals surface area contributed by atoms with E-state index in [-0.39, 0.29) is 17.6 Å². The molecule has 13 heavy (non-hydrogen) atoms. The molecule has 0 spiro atoms. The lowest BCUT2D eigenvalue weighted by Gasteiger charge is -2.10. The summed E-state index contributed by atoms with van der Waals surface area (Å²) in [5.41, 5.74) is 6.05. The summed E-state index contributed by atoms with van der Waals surface area (Å²) in [6, 6.07) is 2.43. The Morgan fingerprint density at radius 2 is 1.92 bits per heavy atom. The Balaban J connectivity index is 3.15. The fraction of sp³-hybridized carbons (Fsp3) is 0.400. The summed E-state index contributed by atoms with van der Waals surface area (Å²) in [5.74, 6) is -0.899. The van der Waals surface area contributed by atoms with Gasteiger partial charge in [0.2, 0.25) is 0 Å². The van der Waals surface area contributed by atoms with Crippen molar-refractivity contribution in [1.29, 1.82) is 0 Å². The normalized spacial score (nSPS) is 13.0. The van der Waals surface area contributed by atoms with E-state index in [1.165, 1.54) is 19.1 Å². The number of halogens is 2. The summed E-state index contributed by atoms with van der Waals surface area (Å²) in [6.45, 7) is 3.63.